The standard InChI is InChI=1S/C13H19N3O2/c1-13(6-3-7-18-13)8-16-11-9(12(15)17)4-2-5-10(11)14/h2,4-5,16H,3,6-8,14H2,1H3,(H2,15,17). The molecule has 0 saturated carbocycles. The Morgan fingerprint density at radius 2 is 2.33 bits per heavy atom. The summed E-state index contributed by atoms with van der Waals surface area (Å²) in [5.41, 5.74) is 12.5. The molecule has 1 atom stereocenters. The van der Waals surface area contributed by atoms with Gasteiger partial charge in [-0.15, -0.1) is 0 Å². The van der Waals surface area contributed by atoms with Crippen LogP contribution in [0.5, 0.6) is 0 Å². The molecule has 5 N–H and O–H groups in total. The number of carbonyl (C=O) groups is 1. The summed E-state index contributed by atoms with van der Waals surface area (Å²) in [6.45, 7) is 3.45. The molecule has 1 aromatic rings. The Morgan fingerprint density at radius 1 is 1.56 bits per heavy atom. The number of anilines is 2. The van der Waals surface area contributed by atoms with Gasteiger partial charge < -0.3 is 21.5 Å². The molecule has 1 amide bonds. The molecular formula is C13H19N3O2. The second-order valence-corrected chi connectivity index (χ2v) is 4.89. The van der Waals surface area contributed by atoms with Crippen molar-refractivity contribution in [2.45, 2.75) is 25.4 Å². The fraction of sp³-hybridized carbons (Fsp3) is 0.462. The fourth-order valence-corrected chi connectivity index (χ4v) is 2.22. The van der Waals surface area contributed by atoms with Crippen molar-refractivity contribution in [3.05, 3.63) is 23.8 Å². The molecule has 1 heterocycles. The molecule has 0 radical (unpaired) electrons. The van der Waals surface area contributed by atoms with Crippen LogP contribution in [-0.2, 0) is 4.74 Å². The van der Waals surface area contributed by atoms with Gasteiger partial charge in [0.25, 0.3) is 5.91 Å². The third-order valence-electron chi connectivity index (χ3n) is 3.30. The Hall–Kier alpha value is -1.75. The number of carbonyl (C=O) groups excluding carboxylic acids is 1. The van der Waals surface area contributed by atoms with Gasteiger partial charge in [0, 0.05) is 13.2 Å². The molecule has 1 aliphatic rings. The van der Waals surface area contributed by atoms with E-state index in [4.69, 9.17) is 16.2 Å². The van der Waals surface area contributed by atoms with Crippen LogP contribution in [0, 0.1) is 0 Å². The van der Waals surface area contributed by atoms with Crippen LogP contribution in [0.1, 0.15) is 30.1 Å². The second-order valence-electron chi connectivity index (χ2n) is 4.89. The van der Waals surface area contributed by atoms with Crippen LogP contribution in [-0.4, -0.2) is 24.7 Å². The molecule has 98 valence electrons. The minimum atomic E-state index is -0.484. The van der Waals surface area contributed by atoms with E-state index in [1.807, 2.05) is 0 Å². The number of nitrogens with two attached hydrogens (primary N) is 2. The van der Waals surface area contributed by atoms with E-state index in [9.17, 15) is 4.79 Å². The molecule has 0 bridgehead atoms. The first kappa shape index (κ1) is 12.7. The molecule has 0 aromatic heterocycles. The summed E-state index contributed by atoms with van der Waals surface area (Å²) >= 11 is 0. The topological polar surface area (TPSA) is 90.4 Å². The van der Waals surface area contributed by atoms with Gasteiger partial charge in [0.2, 0.25) is 0 Å². The first-order valence-corrected chi connectivity index (χ1v) is 6.08. The number of hydrogen-bond donors (Lipinski definition) is 3. The fourth-order valence-electron chi connectivity index (χ4n) is 2.22. The zero-order chi connectivity index (χ0) is 13.2. The van der Waals surface area contributed by atoms with E-state index < -0.39 is 5.91 Å². The largest absolute Gasteiger partial charge is 0.397 e. The third kappa shape index (κ3) is 2.56. The zero-order valence-electron chi connectivity index (χ0n) is 10.5. The van der Waals surface area contributed by atoms with Gasteiger partial charge in [-0.05, 0) is 31.9 Å². The highest BCUT2D eigenvalue weighted by Gasteiger charge is 2.29. The van der Waals surface area contributed by atoms with Crippen molar-refractivity contribution in [3.63, 3.8) is 0 Å². The lowest BCUT2D eigenvalue weighted by molar-refractivity contribution is 0.0315. The van der Waals surface area contributed by atoms with Gasteiger partial charge in [-0.3, -0.25) is 4.79 Å². The molecule has 1 fully saturated rings. The lowest BCUT2D eigenvalue weighted by Crippen LogP contribution is -2.33. The lowest BCUT2D eigenvalue weighted by Gasteiger charge is -2.25. The van der Waals surface area contributed by atoms with E-state index in [1.165, 1.54) is 0 Å². The number of amides is 1. The van der Waals surface area contributed by atoms with Gasteiger partial charge in [-0.2, -0.15) is 0 Å². The summed E-state index contributed by atoms with van der Waals surface area (Å²) in [7, 11) is 0. The van der Waals surface area contributed by atoms with E-state index in [2.05, 4.69) is 12.2 Å². The normalized spacial score (nSPS) is 22.9. The molecular weight excluding hydrogens is 230 g/mol. The van der Waals surface area contributed by atoms with Crippen LogP contribution in [0.25, 0.3) is 0 Å². The van der Waals surface area contributed by atoms with Gasteiger partial charge in [0.15, 0.2) is 0 Å². The number of ether oxygens (including phenoxy) is 1. The van der Waals surface area contributed by atoms with Crippen molar-refractivity contribution in [2.75, 3.05) is 24.2 Å². The van der Waals surface area contributed by atoms with Crippen molar-refractivity contribution in [2.24, 2.45) is 5.73 Å². The van der Waals surface area contributed by atoms with Crippen molar-refractivity contribution in [3.8, 4) is 0 Å². The minimum absolute atomic E-state index is 0.197. The summed E-state index contributed by atoms with van der Waals surface area (Å²) in [6.07, 6.45) is 2.06. The molecule has 2 rings (SSSR count). The SMILES string of the molecule is CC1(CNc2c(N)cccc2C(N)=O)CCCO1. The Labute approximate surface area is 106 Å². The smallest absolute Gasteiger partial charge is 0.250 e. The minimum Gasteiger partial charge on any atom is -0.397 e. The summed E-state index contributed by atoms with van der Waals surface area (Å²) in [4.78, 5) is 11.3. The summed E-state index contributed by atoms with van der Waals surface area (Å²) in [6, 6.07) is 5.12. The molecule has 0 spiro atoms. The molecule has 18 heavy (non-hydrogen) atoms. The summed E-state index contributed by atoms with van der Waals surface area (Å²) in [5, 5.41) is 3.19. The van der Waals surface area contributed by atoms with E-state index in [1.54, 1.807) is 18.2 Å². The number of primary amides is 1. The molecule has 1 aliphatic heterocycles. The molecule has 1 unspecified atom stereocenters. The number of rotatable bonds is 4. The maximum absolute atomic E-state index is 11.3. The van der Waals surface area contributed by atoms with Crippen molar-refractivity contribution in [1.29, 1.82) is 0 Å². The molecule has 5 nitrogen and oxygen atoms in total. The van der Waals surface area contributed by atoms with Gasteiger partial charge in [0.1, 0.15) is 0 Å². The molecule has 1 aromatic carbocycles. The Bertz CT molecular complexity index is 454. The van der Waals surface area contributed by atoms with Gasteiger partial charge >= 0.3 is 0 Å². The van der Waals surface area contributed by atoms with Crippen LogP contribution >= 0.6 is 0 Å². The van der Waals surface area contributed by atoms with Crippen LogP contribution in [0.15, 0.2) is 18.2 Å². The average molecular weight is 249 g/mol. The van der Waals surface area contributed by atoms with Gasteiger partial charge in [-0.25, -0.2) is 0 Å². The quantitative estimate of drug-likeness (QED) is 0.702. The highest BCUT2D eigenvalue weighted by molar-refractivity contribution is 6.01. The average Bonchev–Trinajstić information content (AvgIpc) is 2.74. The Kier molecular flexibility index (Phi) is 3.43. The highest BCUT2D eigenvalue weighted by atomic mass is 16.5. The maximum Gasteiger partial charge on any atom is 0.250 e. The van der Waals surface area contributed by atoms with E-state index >= 15 is 0 Å². The van der Waals surface area contributed by atoms with E-state index in [0.717, 1.165) is 19.4 Å². The Balaban J connectivity index is 2.15. The predicted molar refractivity (Wildman–Crippen MR) is 71.5 cm³/mol. The van der Waals surface area contributed by atoms with Crippen molar-refractivity contribution in [1.82, 2.24) is 0 Å². The number of nitrogens with one attached hydrogen (secondary N) is 1. The van der Waals surface area contributed by atoms with Gasteiger partial charge in [-0.1, -0.05) is 6.07 Å². The first-order chi connectivity index (χ1) is 8.52. The van der Waals surface area contributed by atoms with Crippen LogP contribution in [0.4, 0.5) is 11.4 Å². The number of benzene rings is 1. The van der Waals surface area contributed by atoms with E-state index in [0.29, 0.717) is 23.5 Å². The predicted octanol–water partition coefficient (Wildman–Crippen LogP) is 1.35. The van der Waals surface area contributed by atoms with Crippen LogP contribution in [0.3, 0.4) is 0 Å². The number of para-hydroxylation sites is 1. The zero-order valence-corrected chi connectivity index (χ0v) is 10.5. The third-order valence-corrected chi connectivity index (χ3v) is 3.30. The van der Waals surface area contributed by atoms with Gasteiger partial charge in [0.05, 0.1) is 22.5 Å². The van der Waals surface area contributed by atoms with Crippen LogP contribution in [0.2, 0.25) is 0 Å². The van der Waals surface area contributed by atoms with Crippen LogP contribution < -0.4 is 16.8 Å². The maximum atomic E-state index is 11.3. The number of hydrogen-bond acceptors (Lipinski definition) is 4. The van der Waals surface area contributed by atoms with E-state index in [-0.39, 0.29) is 5.60 Å². The second kappa shape index (κ2) is 4.86. The molecule has 0 aliphatic carbocycles. The summed E-state index contributed by atoms with van der Waals surface area (Å²) in [5.74, 6) is -0.484. The molecule has 1 saturated heterocycles. The first-order valence-electron chi connectivity index (χ1n) is 6.08. The summed E-state index contributed by atoms with van der Waals surface area (Å²) < 4.78 is 5.68. The molecule has 5 heteroatoms. The number of nitrogen functional groups attached to an aromatic ring is 1. The van der Waals surface area contributed by atoms with Crippen molar-refractivity contribution < 1.29 is 9.53 Å². The Morgan fingerprint density at radius 3 is 2.94 bits per heavy atom. The monoisotopic (exact) mass is 249 g/mol. The highest BCUT2D eigenvalue weighted by Crippen LogP contribution is 2.28. The van der Waals surface area contributed by atoms with Crippen molar-refractivity contribution >= 4 is 17.3 Å². The lowest BCUT2D eigenvalue weighted by atomic mass is 10.0.